The number of nitrogens with one attached hydrogen (secondary N) is 2. The van der Waals surface area contributed by atoms with E-state index in [1.54, 1.807) is 11.3 Å². The molecule has 19 heavy (non-hydrogen) atoms. The van der Waals surface area contributed by atoms with Crippen LogP contribution in [0.2, 0.25) is 0 Å². The molecule has 0 saturated carbocycles. The molecule has 1 aliphatic heterocycles. The molecule has 1 aromatic heterocycles. The van der Waals surface area contributed by atoms with Crippen molar-refractivity contribution in [2.24, 2.45) is 4.99 Å². The Morgan fingerprint density at radius 1 is 1.37 bits per heavy atom. The first-order valence-electron chi connectivity index (χ1n) is 6.64. The van der Waals surface area contributed by atoms with Gasteiger partial charge in [0.05, 0.1) is 0 Å². The maximum absolute atomic E-state index is 12.0. The zero-order valence-corrected chi connectivity index (χ0v) is 12.7. The van der Waals surface area contributed by atoms with Gasteiger partial charge in [-0.1, -0.05) is 27.7 Å². The molecular weight excluding hydrogens is 258 g/mol. The second-order valence-electron chi connectivity index (χ2n) is 5.75. The number of hydrogen-bond donors (Lipinski definition) is 2. The molecule has 4 nitrogen and oxygen atoms in total. The lowest BCUT2D eigenvalue weighted by molar-refractivity contribution is -0.120. The highest BCUT2D eigenvalue weighted by Crippen LogP contribution is 2.33. The van der Waals surface area contributed by atoms with Crippen LogP contribution in [-0.2, 0) is 10.2 Å². The largest absolute Gasteiger partial charge is 0.340 e. The van der Waals surface area contributed by atoms with Gasteiger partial charge in [0.15, 0.2) is 5.96 Å². The van der Waals surface area contributed by atoms with Crippen molar-refractivity contribution in [1.82, 2.24) is 10.6 Å². The highest BCUT2D eigenvalue weighted by atomic mass is 32.1. The summed E-state index contributed by atoms with van der Waals surface area (Å²) in [6.07, 6.45) is 0.971. The lowest BCUT2D eigenvalue weighted by Gasteiger charge is -2.15. The van der Waals surface area contributed by atoms with Gasteiger partial charge in [-0.25, -0.2) is 0 Å². The molecule has 0 bridgehead atoms. The Balaban J connectivity index is 2.15. The zero-order valence-electron chi connectivity index (χ0n) is 11.9. The molecule has 0 aromatic carbocycles. The predicted molar refractivity (Wildman–Crippen MR) is 79.6 cm³/mol. The van der Waals surface area contributed by atoms with E-state index in [2.05, 4.69) is 49.4 Å². The second kappa shape index (κ2) is 5.33. The molecule has 1 aromatic rings. The molecule has 5 heteroatoms. The Labute approximate surface area is 118 Å². The number of carbonyl (C=O) groups excluding carboxylic acids is 1. The van der Waals surface area contributed by atoms with Crippen LogP contribution in [0.15, 0.2) is 17.1 Å². The first kappa shape index (κ1) is 14.1. The number of thiophene rings is 1. The summed E-state index contributed by atoms with van der Waals surface area (Å²) in [4.78, 5) is 18.6. The van der Waals surface area contributed by atoms with Gasteiger partial charge in [0.1, 0.15) is 6.04 Å². The summed E-state index contributed by atoms with van der Waals surface area (Å²) in [5.74, 6) is 0.583. The summed E-state index contributed by atoms with van der Waals surface area (Å²) in [5.41, 5.74) is 0.122. The highest BCUT2D eigenvalue weighted by molar-refractivity contribution is 7.12. The molecule has 2 N–H and O–H groups in total. The molecule has 1 fully saturated rings. The predicted octanol–water partition coefficient (Wildman–Crippen LogP) is 2.57. The van der Waals surface area contributed by atoms with Crippen molar-refractivity contribution in [2.45, 2.75) is 45.6 Å². The van der Waals surface area contributed by atoms with E-state index in [9.17, 15) is 4.79 Å². The third-order valence-corrected chi connectivity index (χ3v) is 4.50. The molecular formula is C14H21N3OS. The molecule has 0 radical (unpaired) electrons. The van der Waals surface area contributed by atoms with Crippen LogP contribution in [-0.4, -0.2) is 18.4 Å². The van der Waals surface area contributed by atoms with Gasteiger partial charge >= 0.3 is 0 Å². The number of rotatable bonds is 3. The molecule has 1 atom stereocenters. The van der Waals surface area contributed by atoms with Gasteiger partial charge in [-0.05, 0) is 24.0 Å². The van der Waals surface area contributed by atoms with Crippen molar-refractivity contribution in [1.29, 1.82) is 0 Å². The van der Waals surface area contributed by atoms with Crippen LogP contribution in [0.4, 0.5) is 0 Å². The van der Waals surface area contributed by atoms with Gasteiger partial charge in [-0.15, -0.1) is 11.3 Å². The third-order valence-electron chi connectivity index (χ3n) is 2.93. The Morgan fingerprint density at radius 3 is 2.68 bits per heavy atom. The molecule has 1 aliphatic rings. The molecule has 0 spiro atoms. The van der Waals surface area contributed by atoms with Crippen molar-refractivity contribution >= 4 is 23.2 Å². The minimum atomic E-state index is -0.295. The van der Waals surface area contributed by atoms with E-state index in [0.717, 1.165) is 17.8 Å². The van der Waals surface area contributed by atoms with Crippen LogP contribution >= 0.6 is 11.3 Å². The fourth-order valence-corrected chi connectivity index (χ4v) is 2.96. The normalized spacial score (nSPS) is 21.6. The lowest BCUT2D eigenvalue weighted by atomic mass is 9.95. The Kier molecular flexibility index (Phi) is 3.94. The first-order valence-corrected chi connectivity index (χ1v) is 7.45. The van der Waals surface area contributed by atoms with Crippen LogP contribution in [0, 0.1) is 0 Å². The van der Waals surface area contributed by atoms with Crippen LogP contribution < -0.4 is 10.6 Å². The lowest BCUT2D eigenvalue weighted by Crippen LogP contribution is -2.25. The van der Waals surface area contributed by atoms with Gasteiger partial charge in [-0.3, -0.25) is 15.1 Å². The molecule has 2 rings (SSSR count). The average molecular weight is 279 g/mol. The number of amides is 1. The van der Waals surface area contributed by atoms with Gasteiger partial charge in [0.25, 0.3) is 5.91 Å². The van der Waals surface area contributed by atoms with E-state index in [4.69, 9.17) is 0 Å². The standard InChI is InChI=1S/C14H21N3OS/c1-5-8-15-13-16-11(12(18)17-13)9-6-7-10(19-9)14(2,3)4/h6-7,11H,5,8H2,1-4H3,(H2,15,16,17,18). The molecule has 1 unspecified atom stereocenters. The van der Waals surface area contributed by atoms with Gasteiger partial charge in [0, 0.05) is 16.3 Å². The van der Waals surface area contributed by atoms with Gasteiger partial charge in [0.2, 0.25) is 0 Å². The first-order chi connectivity index (χ1) is 8.91. The minimum Gasteiger partial charge on any atom is -0.340 e. The van der Waals surface area contributed by atoms with Crippen molar-refractivity contribution in [3.63, 3.8) is 0 Å². The van der Waals surface area contributed by atoms with Gasteiger partial charge in [-0.2, -0.15) is 0 Å². The van der Waals surface area contributed by atoms with E-state index < -0.39 is 0 Å². The van der Waals surface area contributed by atoms with Crippen LogP contribution in [0.3, 0.4) is 0 Å². The van der Waals surface area contributed by atoms with E-state index in [-0.39, 0.29) is 17.4 Å². The Morgan fingerprint density at radius 2 is 2.11 bits per heavy atom. The SMILES string of the molecule is CCCN=C1NC(=O)C(c2ccc(C(C)(C)C)s2)N1. The highest BCUT2D eigenvalue weighted by Gasteiger charge is 2.31. The van der Waals surface area contributed by atoms with Crippen molar-refractivity contribution in [3.8, 4) is 0 Å². The van der Waals surface area contributed by atoms with Crippen LogP contribution in [0.25, 0.3) is 0 Å². The molecule has 1 saturated heterocycles. The monoisotopic (exact) mass is 279 g/mol. The number of hydrogen-bond acceptors (Lipinski definition) is 3. The van der Waals surface area contributed by atoms with E-state index in [1.807, 2.05) is 6.07 Å². The zero-order chi connectivity index (χ0) is 14.0. The summed E-state index contributed by atoms with van der Waals surface area (Å²) in [6, 6.07) is 3.85. The summed E-state index contributed by atoms with van der Waals surface area (Å²) >= 11 is 1.69. The van der Waals surface area contributed by atoms with Crippen molar-refractivity contribution in [2.75, 3.05) is 6.54 Å². The fraction of sp³-hybridized carbons (Fsp3) is 0.571. The number of aliphatic imine (C=N–C) groups is 1. The maximum Gasteiger partial charge on any atom is 0.254 e. The maximum atomic E-state index is 12.0. The number of nitrogens with zero attached hydrogens (tertiary/aromatic N) is 1. The Hall–Kier alpha value is -1.36. The topological polar surface area (TPSA) is 53.5 Å². The van der Waals surface area contributed by atoms with Gasteiger partial charge < -0.3 is 5.32 Å². The van der Waals surface area contributed by atoms with Crippen molar-refractivity contribution < 1.29 is 4.79 Å². The van der Waals surface area contributed by atoms with E-state index in [1.165, 1.54) is 4.88 Å². The van der Waals surface area contributed by atoms with E-state index >= 15 is 0 Å². The number of carbonyl (C=O) groups is 1. The minimum absolute atomic E-state index is 0.0165. The molecule has 1 amide bonds. The third kappa shape index (κ3) is 3.15. The summed E-state index contributed by atoms with van der Waals surface area (Å²) in [7, 11) is 0. The van der Waals surface area contributed by atoms with Crippen LogP contribution in [0.1, 0.15) is 49.9 Å². The molecule has 104 valence electrons. The summed E-state index contributed by atoms with van der Waals surface area (Å²) in [6.45, 7) is 9.33. The molecule has 2 heterocycles. The van der Waals surface area contributed by atoms with Crippen LogP contribution in [0.5, 0.6) is 0 Å². The Bertz CT molecular complexity index is 499. The average Bonchev–Trinajstić information content (AvgIpc) is 2.91. The van der Waals surface area contributed by atoms with Crippen molar-refractivity contribution in [3.05, 3.63) is 21.9 Å². The summed E-state index contributed by atoms with van der Waals surface area (Å²) in [5, 5.41) is 5.95. The smallest absolute Gasteiger partial charge is 0.254 e. The van der Waals surface area contributed by atoms with E-state index in [0.29, 0.717) is 5.96 Å². The fourth-order valence-electron chi connectivity index (χ4n) is 1.85. The summed E-state index contributed by atoms with van der Waals surface area (Å²) < 4.78 is 0. The quantitative estimate of drug-likeness (QED) is 0.893. The number of guanidine groups is 1. The molecule has 0 aliphatic carbocycles. The second-order valence-corrected chi connectivity index (χ2v) is 6.86.